The second-order valence-corrected chi connectivity index (χ2v) is 11.8. The summed E-state index contributed by atoms with van der Waals surface area (Å²) in [7, 11) is 0. The molecule has 234 valence electrons. The number of carbonyl (C=O) groups excluding carboxylic acids is 1. The Morgan fingerprint density at radius 3 is 2.36 bits per heavy atom. The van der Waals surface area contributed by atoms with Crippen LogP contribution in [-0.2, 0) is 22.6 Å². The lowest BCUT2D eigenvalue weighted by atomic mass is 9.91. The minimum Gasteiger partial charge on any atom is -0.478 e. The summed E-state index contributed by atoms with van der Waals surface area (Å²) in [5, 5.41) is 25.3. The van der Waals surface area contributed by atoms with Gasteiger partial charge in [-0.2, -0.15) is 0 Å². The van der Waals surface area contributed by atoms with Crippen molar-refractivity contribution in [3.63, 3.8) is 0 Å². The zero-order valence-electron chi connectivity index (χ0n) is 25.2. The van der Waals surface area contributed by atoms with E-state index in [9.17, 15) is 19.8 Å². The molecule has 1 aliphatic rings. The molecule has 1 aromatic heterocycles. The first-order valence-electron chi connectivity index (χ1n) is 14.9. The number of hydrogen-bond acceptors (Lipinski definition) is 7. The SMILES string of the molecule is CCNC(=O)NCc1ccccc1-c1ccc(C2OC(CSc3ncccc3C(=O)O)C(C)C(c3ccc(CO)cc3)O2)cc1. The third kappa shape index (κ3) is 7.90. The van der Waals surface area contributed by atoms with Gasteiger partial charge in [-0.15, -0.1) is 11.8 Å². The van der Waals surface area contributed by atoms with Crippen LogP contribution in [0.3, 0.4) is 0 Å². The number of thioether (sulfide) groups is 1. The van der Waals surface area contributed by atoms with E-state index in [4.69, 9.17) is 9.47 Å². The maximum Gasteiger partial charge on any atom is 0.338 e. The number of amides is 2. The molecule has 1 saturated heterocycles. The normalized spacial score (nSPS) is 19.5. The third-order valence-electron chi connectivity index (χ3n) is 7.80. The molecule has 0 saturated carbocycles. The van der Waals surface area contributed by atoms with Crippen molar-refractivity contribution in [2.24, 2.45) is 5.92 Å². The van der Waals surface area contributed by atoms with Crippen LogP contribution in [0, 0.1) is 5.92 Å². The van der Waals surface area contributed by atoms with Crippen LogP contribution in [-0.4, -0.2) is 45.6 Å². The minimum absolute atomic E-state index is 0.0418. The average molecular weight is 628 g/mol. The number of nitrogens with one attached hydrogen (secondary N) is 2. The molecular formula is C35H37N3O6S. The van der Waals surface area contributed by atoms with Crippen molar-refractivity contribution in [1.82, 2.24) is 15.6 Å². The Bertz CT molecular complexity index is 1600. The molecule has 4 N–H and O–H groups in total. The van der Waals surface area contributed by atoms with E-state index in [2.05, 4.69) is 22.5 Å². The third-order valence-corrected chi connectivity index (χ3v) is 8.89. The van der Waals surface area contributed by atoms with Crippen molar-refractivity contribution in [3.05, 3.63) is 119 Å². The van der Waals surface area contributed by atoms with Crippen LogP contribution in [0.15, 0.2) is 96.2 Å². The van der Waals surface area contributed by atoms with Gasteiger partial charge in [-0.05, 0) is 46.9 Å². The van der Waals surface area contributed by atoms with Crippen molar-refractivity contribution in [3.8, 4) is 11.1 Å². The molecule has 0 aliphatic carbocycles. The Kier molecular flexibility index (Phi) is 10.9. The summed E-state index contributed by atoms with van der Waals surface area (Å²) in [5.74, 6) is -0.602. The predicted octanol–water partition coefficient (Wildman–Crippen LogP) is 6.34. The highest BCUT2D eigenvalue weighted by Gasteiger charge is 2.38. The highest BCUT2D eigenvalue weighted by molar-refractivity contribution is 7.99. The van der Waals surface area contributed by atoms with Gasteiger partial charge in [0.25, 0.3) is 0 Å². The highest BCUT2D eigenvalue weighted by atomic mass is 32.2. The van der Waals surface area contributed by atoms with Gasteiger partial charge in [-0.3, -0.25) is 0 Å². The quantitative estimate of drug-likeness (QED) is 0.142. The first-order chi connectivity index (χ1) is 21.9. The zero-order chi connectivity index (χ0) is 31.8. The Morgan fingerprint density at radius 2 is 1.64 bits per heavy atom. The van der Waals surface area contributed by atoms with E-state index in [-0.39, 0.29) is 36.3 Å². The fourth-order valence-electron chi connectivity index (χ4n) is 5.31. The van der Waals surface area contributed by atoms with Crippen LogP contribution in [0.25, 0.3) is 11.1 Å². The highest BCUT2D eigenvalue weighted by Crippen LogP contribution is 2.43. The molecule has 0 spiro atoms. The predicted molar refractivity (Wildman–Crippen MR) is 173 cm³/mol. The Hall–Kier alpha value is -4.22. The number of hydrogen-bond donors (Lipinski definition) is 4. The Labute approximate surface area is 267 Å². The Morgan fingerprint density at radius 1 is 0.911 bits per heavy atom. The van der Waals surface area contributed by atoms with Gasteiger partial charge >= 0.3 is 12.0 Å². The topological polar surface area (TPSA) is 130 Å². The number of nitrogens with zero attached hydrogens (tertiary/aromatic N) is 1. The lowest BCUT2D eigenvalue weighted by molar-refractivity contribution is -0.268. The maximum absolute atomic E-state index is 12.0. The lowest BCUT2D eigenvalue weighted by Gasteiger charge is -2.41. The van der Waals surface area contributed by atoms with Gasteiger partial charge in [0, 0.05) is 36.5 Å². The zero-order valence-corrected chi connectivity index (χ0v) is 26.0. The number of aromatic carboxylic acids is 1. The Balaban J connectivity index is 1.39. The van der Waals surface area contributed by atoms with Crippen LogP contribution in [0.4, 0.5) is 4.79 Å². The first-order valence-corrected chi connectivity index (χ1v) is 15.9. The molecule has 2 amide bonds. The molecule has 45 heavy (non-hydrogen) atoms. The fourth-order valence-corrected chi connectivity index (χ4v) is 6.46. The molecule has 2 heterocycles. The number of benzene rings is 3. The van der Waals surface area contributed by atoms with Crippen molar-refractivity contribution in [2.75, 3.05) is 12.3 Å². The maximum atomic E-state index is 12.0. The molecular weight excluding hydrogens is 590 g/mol. The summed E-state index contributed by atoms with van der Waals surface area (Å²) in [5.41, 5.74) is 5.80. The summed E-state index contributed by atoms with van der Waals surface area (Å²) < 4.78 is 13.1. The average Bonchev–Trinajstić information content (AvgIpc) is 3.07. The number of pyridine rings is 1. The van der Waals surface area contributed by atoms with E-state index in [0.29, 0.717) is 23.9 Å². The van der Waals surface area contributed by atoms with Crippen LogP contribution >= 0.6 is 11.8 Å². The van der Waals surface area contributed by atoms with Gasteiger partial charge in [-0.1, -0.05) is 79.7 Å². The van der Waals surface area contributed by atoms with Gasteiger partial charge < -0.3 is 30.3 Å². The molecule has 1 fully saturated rings. The van der Waals surface area contributed by atoms with Gasteiger partial charge in [-0.25, -0.2) is 14.6 Å². The summed E-state index contributed by atoms with van der Waals surface area (Å²) in [6, 6.07) is 26.6. The monoisotopic (exact) mass is 627 g/mol. The van der Waals surface area contributed by atoms with Crippen LogP contribution in [0.2, 0.25) is 0 Å². The van der Waals surface area contributed by atoms with Gasteiger partial charge in [0.15, 0.2) is 6.29 Å². The number of aliphatic hydroxyl groups is 1. The number of aliphatic hydroxyl groups excluding tert-OH is 1. The van der Waals surface area contributed by atoms with Gasteiger partial charge in [0.1, 0.15) is 5.03 Å². The lowest BCUT2D eigenvalue weighted by Crippen LogP contribution is -2.38. The first kappa shape index (κ1) is 32.2. The molecule has 4 aromatic rings. The van der Waals surface area contributed by atoms with Crippen molar-refractivity contribution in [2.45, 2.75) is 50.5 Å². The molecule has 9 nitrogen and oxygen atoms in total. The van der Waals surface area contributed by atoms with E-state index in [1.165, 1.54) is 11.8 Å². The molecule has 0 bridgehead atoms. The second kappa shape index (κ2) is 15.2. The van der Waals surface area contributed by atoms with Crippen molar-refractivity contribution < 1.29 is 29.3 Å². The smallest absolute Gasteiger partial charge is 0.338 e. The van der Waals surface area contributed by atoms with E-state index in [1.54, 1.807) is 18.3 Å². The van der Waals surface area contributed by atoms with Crippen LogP contribution in [0.1, 0.15) is 58.9 Å². The van der Waals surface area contributed by atoms with Gasteiger partial charge in [0.05, 0.1) is 24.4 Å². The van der Waals surface area contributed by atoms with E-state index in [0.717, 1.165) is 33.4 Å². The number of carbonyl (C=O) groups is 2. The number of urea groups is 1. The summed E-state index contributed by atoms with van der Waals surface area (Å²) in [4.78, 5) is 28.0. The molecule has 1 aliphatic heterocycles. The molecule has 10 heteroatoms. The molecule has 5 rings (SSSR count). The minimum atomic E-state index is -1.02. The molecule has 3 aromatic carbocycles. The van der Waals surface area contributed by atoms with Gasteiger partial charge in [0.2, 0.25) is 0 Å². The standard InChI is InChI=1S/C35H37N3O6S/c1-3-36-35(42)38-19-27-7-4-5-8-28(27)24-14-16-26(17-15-24)34-43-30(21-45-32-29(33(40)41)9-6-18-37-32)22(2)31(44-34)25-12-10-23(20-39)11-13-25/h4-18,22,30-31,34,39H,3,19-21H2,1-2H3,(H,40,41)(H2,36,38,42). The van der Waals surface area contributed by atoms with Crippen molar-refractivity contribution in [1.29, 1.82) is 0 Å². The van der Waals surface area contributed by atoms with Crippen molar-refractivity contribution >= 4 is 23.8 Å². The summed E-state index contributed by atoms with van der Waals surface area (Å²) in [6.07, 6.45) is 0.347. The van der Waals surface area contributed by atoms with E-state index in [1.807, 2.05) is 79.7 Å². The van der Waals surface area contributed by atoms with Crippen LogP contribution in [0.5, 0.6) is 0 Å². The number of carboxylic acid groups (broad SMARTS) is 1. The number of aromatic nitrogens is 1. The fraction of sp³-hybridized carbons (Fsp3) is 0.286. The van der Waals surface area contributed by atoms with E-state index < -0.39 is 12.3 Å². The molecule has 4 unspecified atom stereocenters. The number of rotatable bonds is 11. The summed E-state index contributed by atoms with van der Waals surface area (Å²) in [6.45, 7) is 4.85. The second-order valence-electron chi connectivity index (χ2n) is 10.8. The largest absolute Gasteiger partial charge is 0.478 e. The summed E-state index contributed by atoms with van der Waals surface area (Å²) >= 11 is 1.36. The number of carboxylic acids is 1. The van der Waals surface area contributed by atoms with E-state index >= 15 is 0 Å². The molecule has 0 radical (unpaired) electrons. The van der Waals surface area contributed by atoms with Crippen LogP contribution < -0.4 is 10.6 Å². The number of ether oxygens (including phenoxy) is 2. The molecule has 4 atom stereocenters.